The summed E-state index contributed by atoms with van der Waals surface area (Å²) in [6.07, 6.45) is 14.1. The summed E-state index contributed by atoms with van der Waals surface area (Å²) in [5, 5.41) is 26.6. The molecule has 514 valence electrons. The van der Waals surface area contributed by atoms with Crippen LogP contribution >= 0.6 is 11.3 Å². The largest absolute Gasteiger partial charge is 0.768 e. The molecule has 3 aliphatic rings. The van der Waals surface area contributed by atoms with Gasteiger partial charge < -0.3 is 49.9 Å². The first-order valence-corrected chi connectivity index (χ1v) is 37.2. The smallest absolute Gasteiger partial charge is 0.314 e. The molecule has 1 saturated heterocycles. The van der Waals surface area contributed by atoms with Crippen LogP contribution in [0, 0.1) is 5.41 Å². The number of nitrogens with zero attached hydrogens (tertiary/aromatic N) is 6. The molecule has 22 nitrogen and oxygen atoms in total. The molecule has 1 aliphatic carbocycles. The van der Waals surface area contributed by atoms with Gasteiger partial charge in [0, 0.05) is 103 Å². The van der Waals surface area contributed by atoms with Crippen molar-refractivity contribution in [2.24, 2.45) is 14.1 Å². The van der Waals surface area contributed by atoms with Crippen molar-refractivity contribution >= 4 is 72.8 Å². The Morgan fingerprint density at radius 3 is 2.09 bits per heavy atom. The summed E-state index contributed by atoms with van der Waals surface area (Å²) in [7, 11) is 1.66. The number of nitrogens with one attached hydrogen (secondary N) is 7. The van der Waals surface area contributed by atoms with Crippen LogP contribution in [-0.4, -0.2) is 139 Å². The number of carbonyl (C=O) groups is 4. The van der Waals surface area contributed by atoms with Crippen LogP contribution in [0.1, 0.15) is 128 Å². The van der Waals surface area contributed by atoms with Gasteiger partial charge in [0.2, 0.25) is 39.4 Å². The van der Waals surface area contributed by atoms with Gasteiger partial charge in [-0.2, -0.15) is 0 Å². The number of fused-ring (bicyclic) bond motifs is 2. The fourth-order valence-corrected chi connectivity index (χ4v) is 14.9. The van der Waals surface area contributed by atoms with Crippen LogP contribution in [0.3, 0.4) is 0 Å². The summed E-state index contributed by atoms with van der Waals surface area (Å²) in [6, 6.07) is 24.0. The highest BCUT2D eigenvalue weighted by Gasteiger charge is 2.32. The van der Waals surface area contributed by atoms with E-state index in [9.17, 15) is 36.4 Å². The number of rotatable bonds is 36. The zero-order valence-corrected chi connectivity index (χ0v) is 58.8. The van der Waals surface area contributed by atoms with E-state index in [2.05, 4.69) is 97.1 Å². The Bertz CT molecular complexity index is 3940. The third-order valence-corrected chi connectivity index (χ3v) is 21.0. The number of hydrogen-bond donors (Lipinski definition) is 7. The van der Waals surface area contributed by atoms with Crippen LogP contribution in [0.15, 0.2) is 117 Å². The summed E-state index contributed by atoms with van der Waals surface area (Å²) < 4.78 is 70.5. The van der Waals surface area contributed by atoms with E-state index in [-0.39, 0.29) is 59.5 Å². The third kappa shape index (κ3) is 20.7. The van der Waals surface area contributed by atoms with Crippen molar-refractivity contribution in [3.63, 3.8) is 0 Å². The number of unbranched alkanes of at least 4 members (excludes halogenated alkanes) is 8. The maximum atomic E-state index is 14.4. The topological polar surface area (TPSA) is 275 Å². The lowest BCUT2D eigenvalue weighted by Gasteiger charge is -2.31. The Balaban J connectivity index is 0.761. The van der Waals surface area contributed by atoms with E-state index < -0.39 is 39.1 Å². The van der Waals surface area contributed by atoms with E-state index in [0.29, 0.717) is 82.8 Å². The van der Waals surface area contributed by atoms with E-state index in [0.717, 1.165) is 119 Å². The van der Waals surface area contributed by atoms with Crippen LogP contribution in [0.2, 0.25) is 0 Å². The molecule has 5 amide bonds. The molecule has 0 saturated carbocycles. The quantitative estimate of drug-likeness (QED) is 0.00894. The van der Waals surface area contributed by atoms with Crippen molar-refractivity contribution in [1.29, 1.82) is 5.41 Å². The number of amides is 5. The lowest BCUT2D eigenvalue weighted by molar-refractivity contribution is -0.688. The zero-order chi connectivity index (χ0) is 68.0. The number of thiazole rings is 1. The second-order valence-electron chi connectivity index (χ2n) is 24.7. The van der Waals surface area contributed by atoms with E-state index >= 15 is 0 Å². The van der Waals surface area contributed by atoms with E-state index in [1.165, 1.54) is 23.5 Å². The molecule has 5 aromatic rings. The van der Waals surface area contributed by atoms with Crippen molar-refractivity contribution < 1.29 is 45.3 Å². The summed E-state index contributed by atoms with van der Waals surface area (Å²) in [4.78, 5) is 59.4. The Morgan fingerprint density at radius 1 is 0.779 bits per heavy atom. The molecule has 95 heavy (non-hydrogen) atoms. The van der Waals surface area contributed by atoms with Crippen LogP contribution in [0.5, 0.6) is 0 Å². The van der Waals surface area contributed by atoms with Crippen molar-refractivity contribution in [3.05, 3.63) is 130 Å². The highest BCUT2D eigenvalue weighted by molar-refractivity contribution is 7.89. The first kappa shape index (κ1) is 73.3. The minimum Gasteiger partial charge on any atom is -0.768 e. The molecule has 0 bridgehead atoms. The van der Waals surface area contributed by atoms with E-state index in [4.69, 9.17) is 9.83 Å². The van der Waals surface area contributed by atoms with Gasteiger partial charge >= 0.3 is 6.03 Å². The lowest BCUT2D eigenvalue weighted by Crippen LogP contribution is -2.56. The minimum atomic E-state index is -4.04. The number of piperidine rings is 1. The van der Waals surface area contributed by atoms with Crippen LogP contribution in [0.25, 0.3) is 33.4 Å². The number of aromatic nitrogens is 3. The van der Waals surface area contributed by atoms with Gasteiger partial charge in [-0.05, 0) is 145 Å². The Hall–Kier alpha value is -7.55. The van der Waals surface area contributed by atoms with Gasteiger partial charge in [0.1, 0.15) is 55.0 Å². The van der Waals surface area contributed by atoms with Crippen LogP contribution in [-0.2, 0) is 69.0 Å². The monoisotopic (exact) mass is 1360 g/mol. The summed E-state index contributed by atoms with van der Waals surface area (Å²) in [5.41, 5.74) is 5.91. The van der Waals surface area contributed by atoms with Crippen LogP contribution in [0.4, 0.5) is 10.5 Å². The van der Waals surface area contributed by atoms with E-state index in [1.54, 1.807) is 23.1 Å². The molecule has 25 heteroatoms. The number of anilines is 1. The second kappa shape index (κ2) is 36.0. The number of benzene rings is 4. The van der Waals surface area contributed by atoms with Gasteiger partial charge in [-0.25, -0.2) is 31.6 Å². The fourth-order valence-electron chi connectivity index (χ4n) is 12.4. The van der Waals surface area contributed by atoms with Gasteiger partial charge in [0.05, 0.1) is 24.4 Å². The lowest BCUT2D eigenvalue weighted by atomic mass is 9.93. The van der Waals surface area contributed by atoms with Gasteiger partial charge in [-0.15, -0.1) is 11.3 Å². The molecular formula is C70H98N13O9S3+. The molecular weight excluding hydrogens is 1260 g/mol. The summed E-state index contributed by atoms with van der Waals surface area (Å²) in [5.74, 6) is -0.561. The zero-order valence-electron chi connectivity index (χ0n) is 56.3. The average Bonchev–Trinajstić information content (AvgIpc) is 1.27. The molecule has 8 rings (SSSR count). The molecule has 3 atom stereocenters. The highest BCUT2D eigenvalue weighted by Crippen LogP contribution is 2.43. The molecule has 7 N–H and O–H groups in total. The average molecular weight is 1360 g/mol. The predicted octanol–water partition coefficient (Wildman–Crippen LogP) is 7.19. The molecule has 3 aromatic carbocycles. The van der Waals surface area contributed by atoms with Gasteiger partial charge in [-0.3, -0.25) is 24.0 Å². The maximum Gasteiger partial charge on any atom is 0.314 e. The highest BCUT2D eigenvalue weighted by atomic mass is 32.2. The minimum absolute atomic E-state index is 0.0299. The molecule has 3 unspecified atom stereocenters. The van der Waals surface area contributed by atoms with Crippen molar-refractivity contribution in [2.75, 3.05) is 70.9 Å². The van der Waals surface area contributed by atoms with Gasteiger partial charge in [0.15, 0.2) is 4.80 Å². The van der Waals surface area contributed by atoms with Crippen molar-refractivity contribution in [3.8, 4) is 22.5 Å². The van der Waals surface area contributed by atoms with Crippen LogP contribution < -0.4 is 55.5 Å². The number of likely N-dealkylation sites (tertiary alicyclic amines) is 1. The molecule has 2 aliphatic heterocycles. The van der Waals surface area contributed by atoms with Crippen molar-refractivity contribution in [2.45, 2.75) is 158 Å². The second-order valence-corrected chi connectivity index (χ2v) is 28.3. The maximum absolute atomic E-state index is 14.4. The number of carbonyl (C=O) groups excluding carboxylic acids is 4. The summed E-state index contributed by atoms with van der Waals surface area (Å²) >= 11 is -1.56. The van der Waals surface area contributed by atoms with E-state index in [1.807, 2.05) is 78.7 Å². The number of aryl methyl sites for hydroxylation is 1. The van der Waals surface area contributed by atoms with Gasteiger partial charge in [-0.1, -0.05) is 74.9 Å². The Morgan fingerprint density at radius 2 is 1.44 bits per heavy atom. The molecule has 0 radical (unpaired) electrons. The Kier molecular flexibility index (Phi) is 27.7. The predicted molar refractivity (Wildman–Crippen MR) is 373 cm³/mol. The molecule has 4 heterocycles. The van der Waals surface area contributed by atoms with Gasteiger partial charge in [0.25, 0.3) is 0 Å². The number of imidazole rings is 1. The third-order valence-electron chi connectivity index (χ3n) is 18.0. The standard InChI is InChI=1S/C70H97N13O9S3/c1-8-82(9-2)52-28-31-57-62(42-52)92-63-43-53(83(10-3)11-4)29-32-58(63)66(57)59-33-30-56(45-64(59)94(88)89)95(90,91)74-38-23-17-15-13-12-14-16-22-36-72-70(87)73-37-24-21-27-60(76-65(84)44-55-48-93-69(71)80(55)7)67(85)77-61(68(86)75-51-34-39-78(5)40-35-51)41-54-47-81(49-79(54)6)46-50-25-19-18-20-26-50/h18-20,25-26,28-33,42-43,45,47-49,51,60-61,71,74H,8-17,21-24,27,34-41,44,46H2,1-7H3,(H4-2,72,73,75,76,77,84,85,86,87,88,89)/p+1. The first-order chi connectivity index (χ1) is 45.8. The molecule has 2 aromatic heterocycles. The fraction of sp³-hybridized carbons (Fsp3) is 0.500. The number of urea groups is 1. The number of hydrogen-bond acceptors (Lipinski definition) is 13. The van der Waals surface area contributed by atoms with Crippen molar-refractivity contribution in [1.82, 2.24) is 49.9 Å². The molecule has 1 fully saturated rings. The summed E-state index contributed by atoms with van der Waals surface area (Å²) in [6.45, 7) is 14.9. The molecule has 0 spiro atoms. The normalized spacial score (nSPS) is 13.9. The SMILES string of the molecule is CCN(CC)c1ccc2c(-c3ccc(S(=O)(=O)NCCCCCCCCCCNC(=O)NCCCCC(NC(=O)Cc4csc(=N)n4C)C(=O)NC(Cc4c[n+](Cc5ccccc5)cn4C)C(=O)NC4CCN(C)CC4)cc3S(=O)[O-])c3ccc(=[N+](CC)CC)cc-3oc2c1. The first-order valence-electron chi connectivity index (χ1n) is 33.7. The number of sulfonamides is 1. The Labute approximate surface area is 566 Å².